The van der Waals surface area contributed by atoms with Crippen LogP contribution in [-0.2, 0) is 13.1 Å². The SMILES string of the molecule is C=CCn1c(SCCn2c(=O)oc3ccccc32)nnc1[C@@H]1COc2ccccc2O1. The number of allylic oxidation sites excluding steroid dienone is 1. The Morgan fingerprint density at radius 3 is 2.77 bits per heavy atom. The van der Waals surface area contributed by atoms with Crippen LogP contribution in [0.3, 0.4) is 0 Å². The third-order valence-electron chi connectivity index (χ3n) is 4.97. The van der Waals surface area contributed by atoms with Crippen LogP contribution in [0.1, 0.15) is 11.9 Å². The molecule has 0 aliphatic carbocycles. The number of thioether (sulfide) groups is 1. The number of oxazole rings is 1. The molecule has 4 aromatic rings. The maximum atomic E-state index is 12.2. The molecule has 3 heterocycles. The van der Waals surface area contributed by atoms with Gasteiger partial charge in [0.1, 0.15) is 6.61 Å². The molecule has 1 atom stereocenters. The van der Waals surface area contributed by atoms with E-state index in [2.05, 4.69) is 16.8 Å². The third kappa shape index (κ3) is 3.72. The molecule has 9 heteroatoms. The summed E-state index contributed by atoms with van der Waals surface area (Å²) in [5, 5.41) is 9.45. The first-order valence-corrected chi connectivity index (χ1v) is 10.9. The van der Waals surface area contributed by atoms with Crippen LogP contribution in [0, 0.1) is 0 Å². The lowest BCUT2D eigenvalue weighted by molar-refractivity contribution is 0.0821. The van der Waals surface area contributed by atoms with E-state index in [1.165, 1.54) is 11.8 Å². The van der Waals surface area contributed by atoms with Crippen LogP contribution in [0.5, 0.6) is 11.5 Å². The number of benzene rings is 2. The van der Waals surface area contributed by atoms with Gasteiger partial charge in [-0.1, -0.05) is 42.1 Å². The maximum Gasteiger partial charge on any atom is 0.419 e. The fourth-order valence-electron chi connectivity index (χ4n) is 3.55. The standard InChI is InChI=1S/C22H20N4O4S/c1-2-11-26-20(19-14-28-17-9-5-6-10-18(17)29-19)23-24-21(26)31-13-12-25-15-7-3-4-8-16(15)30-22(25)27/h2-10,19H,1,11-14H2/t19-/m0/s1. The summed E-state index contributed by atoms with van der Waals surface area (Å²) in [4.78, 5) is 12.2. The van der Waals surface area contributed by atoms with Crippen molar-refractivity contribution in [3.05, 3.63) is 77.6 Å². The van der Waals surface area contributed by atoms with E-state index >= 15 is 0 Å². The summed E-state index contributed by atoms with van der Waals surface area (Å²) in [6.45, 7) is 5.24. The quantitative estimate of drug-likeness (QED) is 0.323. The zero-order valence-electron chi connectivity index (χ0n) is 16.6. The average Bonchev–Trinajstić information content (AvgIpc) is 3.34. The summed E-state index contributed by atoms with van der Waals surface area (Å²) in [5.74, 6) is 2.36. The Kier molecular flexibility index (Phi) is 5.25. The zero-order valence-corrected chi connectivity index (χ0v) is 17.5. The van der Waals surface area contributed by atoms with Gasteiger partial charge in [-0.2, -0.15) is 0 Å². The first-order valence-electron chi connectivity index (χ1n) is 9.88. The topological polar surface area (TPSA) is 84.3 Å². The van der Waals surface area contributed by atoms with Crippen LogP contribution in [0.4, 0.5) is 0 Å². The summed E-state index contributed by atoms with van der Waals surface area (Å²) in [6, 6.07) is 15.0. The Morgan fingerprint density at radius 1 is 1.10 bits per heavy atom. The van der Waals surface area contributed by atoms with Crippen LogP contribution in [0.25, 0.3) is 11.1 Å². The van der Waals surface area contributed by atoms with E-state index in [0.717, 1.165) is 16.4 Å². The Bertz CT molecular complexity index is 1290. The van der Waals surface area contributed by atoms with Crippen LogP contribution < -0.4 is 15.2 Å². The highest BCUT2D eigenvalue weighted by molar-refractivity contribution is 7.99. The highest BCUT2D eigenvalue weighted by atomic mass is 32.2. The Balaban J connectivity index is 1.33. The van der Waals surface area contributed by atoms with E-state index in [9.17, 15) is 4.79 Å². The Labute approximate surface area is 182 Å². The number of hydrogen-bond acceptors (Lipinski definition) is 7. The molecule has 0 unspecified atom stereocenters. The molecule has 1 aliphatic heterocycles. The number of ether oxygens (including phenoxy) is 2. The van der Waals surface area contributed by atoms with Gasteiger partial charge in [0.25, 0.3) is 0 Å². The number of fused-ring (bicyclic) bond motifs is 2. The summed E-state index contributed by atoms with van der Waals surface area (Å²) in [6.07, 6.45) is 1.43. The van der Waals surface area contributed by atoms with E-state index in [1.807, 2.05) is 47.0 Å². The maximum absolute atomic E-state index is 12.2. The lowest BCUT2D eigenvalue weighted by Gasteiger charge is -2.26. The molecule has 0 spiro atoms. The monoisotopic (exact) mass is 436 g/mol. The van der Waals surface area contributed by atoms with Gasteiger partial charge in [-0.15, -0.1) is 16.8 Å². The molecule has 1 aliphatic rings. The number of hydrogen-bond donors (Lipinski definition) is 0. The van der Waals surface area contributed by atoms with Crippen molar-refractivity contribution >= 4 is 22.9 Å². The molecule has 0 bridgehead atoms. The van der Waals surface area contributed by atoms with Crippen LogP contribution in [0.15, 0.2) is 75.6 Å². The predicted molar refractivity (Wildman–Crippen MR) is 117 cm³/mol. The van der Waals surface area contributed by atoms with Crippen LogP contribution in [-0.4, -0.2) is 31.7 Å². The molecule has 5 rings (SSSR count). The summed E-state index contributed by atoms with van der Waals surface area (Å²) >= 11 is 1.52. The molecule has 2 aromatic heterocycles. The summed E-state index contributed by atoms with van der Waals surface area (Å²) in [5.41, 5.74) is 1.37. The minimum absolute atomic E-state index is 0.355. The molecule has 0 radical (unpaired) electrons. The van der Waals surface area contributed by atoms with Crippen molar-refractivity contribution in [3.8, 4) is 11.5 Å². The predicted octanol–water partition coefficient (Wildman–Crippen LogP) is 3.68. The van der Waals surface area contributed by atoms with Gasteiger partial charge in [-0.05, 0) is 24.3 Å². The van der Waals surface area contributed by atoms with Crippen molar-refractivity contribution in [1.29, 1.82) is 0 Å². The van der Waals surface area contributed by atoms with E-state index in [1.54, 1.807) is 16.7 Å². The number of rotatable bonds is 7. The first-order chi connectivity index (χ1) is 15.2. The molecule has 8 nitrogen and oxygen atoms in total. The minimum Gasteiger partial charge on any atom is -0.485 e. The van der Waals surface area contributed by atoms with E-state index in [0.29, 0.717) is 42.6 Å². The molecule has 0 amide bonds. The summed E-state index contributed by atoms with van der Waals surface area (Å²) in [7, 11) is 0. The van der Waals surface area contributed by atoms with Gasteiger partial charge in [0.2, 0.25) is 0 Å². The highest BCUT2D eigenvalue weighted by Gasteiger charge is 2.28. The van der Waals surface area contributed by atoms with Gasteiger partial charge >= 0.3 is 5.76 Å². The van der Waals surface area contributed by atoms with Gasteiger partial charge in [0.05, 0.1) is 5.52 Å². The van der Waals surface area contributed by atoms with Crippen LogP contribution >= 0.6 is 11.8 Å². The highest BCUT2D eigenvalue weighted by Crippen LogP contribution is 2.36. The Hall–Kier alpha value is -3.46. The van der Waals surface area contributed by atoms with Crippen molar-refractivity contribution in [2.24, 2.45) is 0 Å². The fourth-order valence-corrected chi connectivity index (χ4v) is 4.43. The van der Waals surface area contributed by atoms with Gasteiger partial charge in [-0.3, -0.25) is 9.13 Å². The largest absolute Gasteiger partial charge is 0.485 e. The average molecular weight is 436 g/mol. The molecule has 31 heavy (non-hydrogen) atoms. The lowest BCUT2D eigenvalue weighted by Crippen LogP contribution is -2.25. The van der Waals surface area contributed by atoms with Crippen molar-refractivity contribution < 1.29 is 13.9 Å². The Morgan fingerprint density at radius 2 is 1.90 bits per heavy atom. The molecule has 0 saturated heterocycles. The van der Waals surface area contributed by atoms with Crippen molar-refractivity contribution in [2.45, 2.75) is 24.3 Å². The molecule has 0 fully saturated rings. The molecule has 0 saturated carbocycles. The van der Waals surface area contributed by atoms with Crippen LogP contribution in [0.2, 0.25) is 0 Å². The molecular formula is C22H20N4O4S. The molecule has 0 N–H and O–H groups in total. The number of aromatic nitrogens is 4. The molecular weight excluding hydrogens is 416 g/mol. The first kappa shape index (κ1) is 19.5. The zero-order chi connectivity index (χ0) is 21.2. The van der Waals surface area contributed by atoms with Crippen molar-refractivity contribution in [2.75, 3.05) is 12.4 Å². The third-order valence-corrected chi connectivity index (χ3v) is 5.92. The van der Waals surface area contributed by atoms with E-state index < -0.39 is 0 Å². The second-order valence-electron chi connectivity index (χ2n) is 6.94. The minimum atomic E-state index is -0.364. The lowest BCUT2D eigenvalue weighted by atomic mass is 10.2. The molecule has 158 valence electrons. The van der Waals surface area contributed by atoms with Crippen molar-refractivity contribution in [1.82, 2.24) is 19.3 Å². The fraction of sp³-hybridized carbons (Fsp3) is 0.227. The van der Waals surface area contributed by atoms with Gasteiger partial charge in [0, 0.05) is 18.8 Å². The van der Waals surface area contributed by atoms with Gasteiger partial charge < -0.3 is 13.9 Å². The second-order valence-corrected chi connectivity index (χ2v) is 8.00. The number of aryl methyl sites for hydroxylation is 1. The van der Waals surface area contributed by atoms with E-state index in [4.69, 9.17) is 13.9 Å². The van der Waals surface area contributed by atoms with E-state index in [-0.39, 0.29) is 11.9 Å². The van der Waals surface area contributed by atoms with Gasteiger partial charge in [-0.25, -0.2) is 4.79 Å². The van der Waals surface area contributed by atoms with Crippen molar-refractivity contribution in [3.63, 3.8) is 0 Å². The number of nitrogens with zero attached hydrogens (tertiary/aromatic N) is 4. The second kappa shape index (κ2) is 8.35. The smallest absolute Gasteiger partial charge is 0.419 e. The van der Waals surface area contributed by atoms with Gasteiger partial charge in [0.15, 0.2) is 34.2 Å². The normalized spacial score (nSPS) is 15.3. The summed E-state index contributed by atoms with van der Waals surface area (Å²) < 4.78 is 20.8. The number of para-hydroxylation sites is 4. The molecule has 2 aromatic carbocycles.